The summed E-state index contributed by atoms with van der Waals surface area (Å²) in [5, 5.41) is 0. The topological polar surface area (TPSA) is 71.1 Å². The van der Waals surface area contributed by atoms with Gasteiger partial charge in [-0.1, -0.05) is 66.2 Å². The van der Waals surface area contributed by atoms with Crippen LogP contribution in [0.4, 0.5) is 0 Å². The minimum Gasteiger partial charge on any atom is -0.487 e. The van der Waals surface area contributed by atoms with Crippen molar-refractivity contribution in [3.63, 3.8) is 0 Å². The minimum absolute atomic E-state index is 0.193. The van der Waals surface area contributed by atoms with E-state index < -0.39 is 11.9 Å². The number of benzene rings is 2. The van der Waals surface area contributed by atoms with E-state index in [0.717, 1.165) is 124 Å². The van der Waals surface area contributed by atoms with Crippen LogP contribution in [0.1, 0.15) is 167 Å². The summed E-state index contributed by atoms with van der Waals surface area (Å²) in [5.41, 5.74) is 3.35. The molecule has 0 spiro atoms. The van der Waals surface area contributed by atoms with Crippen LogP contribution in [0.15, 0.2) is 24.3 Å². The van der Waals surface area contributed by atoms with Crippen LogP contribution < -0.4 is 18.9 Å². The maximum atomic E-state index is 13.9. The maximum Gasteiger partial charge on any atom is 0.423 e. The van der Waals surface area contributed by atoms with Crippen LogP contribution in [-0.2, 0) is 22.4 Å². The van der Waals surface area contributed by atoms with Crippen LogP contribution in [0, 0.1) is 23.7 Å². The van der Waals surface area contributed by atoms with Gasteiger partial charge in [-0.15, -0.1) is 0 Å². The molecular weight excluding hydrogens is 624 g/mol. The number of carbonyl (C=O) groups is 2. The molecule has 50 heavy (non-hydrogen) atoms. The first-order valence-corrected chi connectivity index (χ1v) is 20.0. The van der Waals surface area contributed by atoms with E-state index in [9.17, 15) is 9.59 Å². The van der Waals surface area contributed by atoms with Crippen LogP contribution in [0.25, 0.3) is 0 Å². The van der Waals surface area contributed by atoms with Crippen molar-refractivity contribution in [2.45, 2.75) is 168 Å². The van der Waals surface area contributed by atoms with E-state index in [0.29, 0.717) is 35.2 Å². The highest BCUT2D eigenvalue weighted by atomic mass is 16.6. The van der Waals surface area contributed by atoms with Gasteiger partial charge >= 0.3 is 11.9 Å². The van der Waals surface area contributed by atoms with Gasteiger partial charge in [-0.25, -0.2) is 9.59 Å². The molecule has 2 aliphatic carbocycles. The fourth-order valence-corrected chi connectivity index (χ4v) is 9.89. The van der Waals surface area contributed by atoms with Crippen molar-refractivity contribution in [2.75, 3.05) is 0 Å². The number of ether oxygens (including phenoxy) is 4. The van der Waals surface area contributed by atoms with Crippen LogP contribution in [0.2, 0.25) is 0 Å². The van der Waals surface area contributed by atoms with Gasteiger partial charge in [-0.05, 0) is 138 Å². The lowest BCUT2D eigenvalue weighted by atomic mass is 9.64. The lowest BCUT2D eigenvalue weighted by Crippen LogP contribution is -2.47. The minimum atomic E-state index is -0.987. The molecule has 0 aromatic heterocycles. The van der Waals surface area contributed by atoms with Crippen molar-refractivity contribution >= 4 is 11.9 Å². The van der Waals surface area contributed by atoms with E-state index in [1.165, 1.54) is 0 Å². The van der Waals surface area contributed by atoms with Gasteiger partial charge in [0.05, 0.1) is 0 Å². The lowest BCUT2D eigenvalue weighted by molar-refractivity contribution is -0.156. The molecule has 0 saturated heterocycles. The number of hydrogen-bond donors (Lipinski definition) is 0. The first-order chi connectivity index (χ1) is 23.8. The zero-order valence-corrected chi connectivity index (χ0v) is 32.1. The summed E-state index contributed by atoms with van der Waals surface area (Å²) in [4.78, 5) is 27.7. The molecule has 2 fully saturated rings. The maximum absolute atomic E-state index is 13.9. The molecule has 2 heterocycles. The summed E-state index contributed by atoms with van der Waals surface area (Å²) < 4.78 is 25.7. The van der Waals surface area contributed by atoms with E-state index in [1.807, 2.05) is 12.1 Å². The Morgan fingerprint density at radius 2 is 1.04 bits per heavy atom. The van der Waals surface area contributed by atoms with Gasteiger partial charge < -0.3 is 18.9 Å². The molecule has 0 amide bonds. The Bertz CT molecular complexity index is 1440. The summed E-state index contributed by atoms with van der Waals surface area (Å²) in [6, 6.07) is 8.27. The van der Waals surface area contributed by atoms with Gasteiger partial charge in [0.1, 0.15) is 34.2 Å². The number of aryl methyl sites for hydroxylation is 2. The molecule has 2 aromatic rings. The van der Waals surface area contributed by atoms with Gasteiger partial charge in [-0.3, -0.25) is 0 Å². The van der Waals surface area contributed by atoms with Gasteiger partial charge in [-0.2, -0.15) is 0 Å². The van der Waals surface area contributed by atoms with Crippen molar-refractivity contribution in [3.8, 4) is 23.0 Å². The third kappa shape index (κ3) is 7.60. The van der Waals surface area contributed by atoms with Crippen molar-refractivity contribution in [2.24, 2.45) is 23.7 Å². The Morgan fingerprint density at radius 3 is 1.42 bits per heavy atom. The molecule has 0 unspecified atom stereocenters. The number of hydrogen-bond acceptors (Lipinski definition) is 6. The summed E-state index contributed by atoms with van der Waals surface area (Å²) in [5.74, 6) is 2.64. The average Bonchev–Trinajstić information content (AvgIpc) is 3.03. The van der Waals surface area contributed by atoms with Crippen molar-refractivity contribution in [3.05, 3.63) is 46.5 Å². The van der Waals surface area contributed by atoms with Crippen LogP contribution in [0.3, 0.4) is 0 Å². The van der Waals surface area contributed by atoms with Gasteiger partial charge in [0, 0.05) is 23.0 Å². The second kappa shape index (κ2) is 14.9. The number of esters is 2. The molecule has 274 valence electrons. The fraction of sp³-hybridized carbons (Fsp3) is 0.682. The quantitative estimate of drug-likeness (QED) is 0.107. The second-order valence-corrected chi connectivity index (χ2v) is 17.4. The third-order valence-electron chi connectivity index (χ3n) is 12.5. The molecule has 6 atom stereocenters. The number of carbonyl (C=O) groups excluding carboxylic acids is 2. The van der Waals surface area contributed by atoms with Crippen LogP contribution in [-0.4, -0.2) is 23.1 Å². The molecule has 4 aliphatic rings. The van der Waals surface area contributed by atoms with Crippen molar-refractivity contribution in [1.82, 2.24) is 0 Å². The van der Waals surface area contributed by atoms with E-state index in [2.05, 4.69) is 67.5 Å². The molecule has 0 radical (unpaired) electrons. The summed E-state index contributed by atoms with van der Waals surface area (Å²) >= 11 is 0. The SMILES string of the molecule is CCCCCc1cc(OC(=O)C(=O)Oc2cc(CCCCC)cc3c2[C@@H]2C[C@@H](C)CC[C@H]2C(C)(C)O3)c2c(c1)OC(C)(C)[C@@H]1CC[C@@H](C)C[C@@H]21. The van der Waals surface area contributed by atoms with E-state index in [1.54, 1.807) is 0 Å². The highest BCUT2D eigenvalue weighted by Crippen LogP contribution is 2.57. The van der Waals surface area contributed by atoms with Gasteiger partial charge in [0.15, 0.2) is 0 Å². The Balaban J connectivity index is 1.33. The fourth-order valence-electron chi connectivity index (χ4n) is 9.89. The summed E-state index contributed by atoms with van der Waals surface area (Å²) in [6.07, 6.45) is 14.7. The van der Waals surface area contributed by atoms with Crippen molar-refractivity contribution in [1.29, 1.82) is 0 Å². The average molecular weight is 687 g/mol. The molecule has 0 N–H and O–H groups in total. The van der Waals surface area contributed by atoms with E-state index in [4.69, 9.17) is 18.9 Å². The van der Waals surface area contributed by atoms with Gasteiger partial charge in [0.2, 0.25) is 0 Å². The largest absolute Gasteiger partial charge is 0.487 e. The standard InChI is InChI=1S/C44H62O6/c1-9-11-13-15-29-23-35(39-31-21-27(3)17-19-33(31)43(5,6)49-37(39)25-29)47-41(45)42(46)48-36-24-30(16-14-12-10-2)26-38-40(36)32-22-28(4)18-20-34(32)44(7,8)50-38/h23-28,31-34H,9-22H2,1-8H3/t27-,28+,31-,32-,33-,34-/m1/s1. The first-order valence-electron chi connectivity index (χ1n) is 20.0. The monoisotopic (exact) mass is 686 g/mol. The predicted octanol–water partition coefficient (Wildman–Crippen LogP) is 11.0. The van der Waals surface area contributed by atoms with Crippen LogP contribution in [0.5, 0.6) is 23.0 Å². The smallest absolute Gasteiger partial charge is 0.423 e. The van der Waals surface area contributed by atoms with E-state index >= 15 is 0 Å². The molecule has 2 aromatic carbocycles. The second-order valence-electron chi connectivity index (χ2n) is 17.4. The zero-order chi connectivity index (χ0) is 35.8. The number of unbranched alkanes of at least 4 members (excludes halogenated alkanes) is 4. The Hall–Kier alpha value is -3.02. The Morgan fingerprint density at radius 1 is 0.640 bits per heavy atom. The Labute approximate surface area is 301 Å². The lowest BCUT2D eigenvalue weighted by Gasteiger charge is -2.49. The molecule has 2 aliphatic heterocycles. The van der Waals surface area contributed by atoms with Crippen LogP contribution >= 0.6 is 0 Å². The van der Waals surface area contributed by atoms with E-state index in [-0.39, 0.29) is 23.0 Å². The number of rotatable bonds is 10. The van der Waals surface area contributed by atoms with Crippen molar-refractivity contribution < 1.29 is 28.5 Å². The molecule has 0 bridgehead atoms. The molecule has 6 rings (SSSR count). The highest BCUT2D eigenvalue weighted by Gasteiger charge is 2.49. The van der Waals surface area contributed by atoms with Gasteiger partial charge in [0.25, 0.3) is 0 Å². The Kier molecular flexibility index (Phi) is 11.0. The highest BCUT2D eigenvalue weighted by molar-refractivity contribution is 6.31. The normalized spacial score (nSPS) is 27.4. The molecule has 2 saturated carbocycles. The third-order valence-corrected chi connectivity index (χ3v) is 12.5. The molecule has 6 nitrogen and oxygen atoms in total. The predicted molar refractivity (Wildman–Crippen MR) is 199 cm³/mol. The zero-order valence-electron chi connectivity index (χ0n) is 32.1. The molecular formula is C44H62O6. The number of fused-ring (bicyclic) bond motifs is 6. The first kappa shape index (κ1) is 36.8. The molecule has 6 heteroatoms. The summed E-state index contributed by atoms with van der Waals surface area (Å²) in [7, 11) is 0. The summed E-state index contributed by atoms with van der Waals surface area (Å²) in [6.45, 7) is 17.8.